The fourth-order valence-electron chi connectivity index (χ4n) is 5.13. The van der Waals surface area contributed by atoms with E-state index in [9.17, 15) is 0 Å². The summed E-state index contributed by atoms with van der Waals surface area (Å²) in [4.78, 5) is 0. The molecule has 0 unspecified atom stereocenters. The minimum Gasteiger partial charge on any atom is -0.456 e. The Bertz CT molecular complexity index is 1670. The quantitative estimate of drug-likeness (QED) is 0.276. The molecule has 0 radical (unpaired) electrons. The first-order valence-electron chi connectivity index (χ1n) is 11.4. The monoisotopic (exact) mass is 424 g/mol. The first kappa shape index (κ1) is 19.6. The number of furan rings is 1. The molecule has 158 valence electrons. The van der Waals surface area contributed by atoms with Gasteiger partial charge in [0, 0.05) is 10.8 Å². The molecule has 1 heteroatoms. The second-order valence-electron chi connectivity index (χ2n) is 8.51. The Labute approximate surface area is 193 Å². The highest BCUT2D eigenvalue weighted by Gasteiger charge is 2.18. The highest BCUT2D eigenvalue weighted by Crippen LogP contribution is 2.43. The van der Waals surface area contributed by atoms with Gasteiger partial charge in [-0.05, 0) is 76.2 Å². The molecule has 0 aliphatic carbocycles. The summed E-state index contributed by atoms with van der Waals surface area (Å²) in [5.41, 5.74) is 9.45. The second-order valence-corrected chi connectivity index (χ2v) is 8.51. The zero-order valence-corrected chi connectivity index (χ0v) is 18.8. The third kappa shape index (κ3) is 3.08. The molecule has 6 rings (SSSR count). The van der Waals surface area contributed by atoms with Gasteiger partial charge >= 0.3 is 0 Å². The van der Waals surface area contributed by atoms with Crippen molar-refractivity contribution in [3.63, 3.8) is 0 Å². The Morgan fingerprint density at radius 2 is 1.21 bits per heavy atom. The second kappa shape index (κ2) is 7.79. The highest BCUT2D eigenvalue weighted by atomic mass is 16.3. The summed E-state index contributed by atoms with van der Waals surface area (Å²) < 4.78 is 6.09. The van der Waals surface area contributed by atoms with Crippen molar-refractivity contribution in [2.45, 2.75) is 13.8 Å². The molecule has 0 aliphatic heterocycles. The van der Waals surface area contributed by atoms with Crippen LogP contribution in [0.3, 0.4) is 0 Å². The first-order valence-corrected chi connectivity index (χ1v) is 11.4. The van der Waals surface area contributed by atoms with Crippen LogP contribution in [0.15, 0.2) is 108 Å². The van der Waals surface area contributed by atoms with Crippen LogP contribution in [-0.2, 0) is 0 Å². The molecule has 0 saturated heterocycles. The largest absolute Gasteiger partial charge is 0.456 e. The van der Waals surface area contributed by atoms with Gasteiger partial charge in [-0.15, -0.1) is 0 Å². The van der Waals surface area contributed by atoms with E-state index < -0.39 is 0 Å². The molecule has 1 heterocycles. The first-order chi connectivity index (χ1) is 16.3. The van der Waals surface area contributed by atoms with Gasteiger partial charge in [0.15, 0.2) is 0 Å². The van der Waals surface area contributed by atoms with Crippen LogP contribution in [-0.4, -0.2) is 0 Å². The SMILES string of the molecule is C/C=C\c1c(C)c(-c2ccc3oc4ccccc4c3c2)c2ccccc2c1-c1ccccc1. The molecular formula is C32H24O. The molecule has 1 aromatic heterocycles. The molecule has 0 spiro atoms. The van der Waals surface area contributed by atoms with Crippen LogP contribution in [0.25, 0.3) is 61.0 Å². The van der Waals surface area contributed by atoms with Gasteiger partial charge in [0.1, 0.15) is 11.2 Å². The van der Waals surface area contributed by atoms with Crippen molar-refractivity contribution >= 4 is 38.8 Å². The van der Waals surface area contributed by atoms with Gasteiger partial charge in [0.2, 0.25) is 0 Å². The molecule has 5 aromatic carbocycles. The minimum atomic E-state index is 0.927. The van der Waals surface area contributed by atoms with Gasteiger partial charge in [0.25, 0.3) is 0 Å². The summed E-state index contributed by atoms with van der Waals surface area (Å²) >= 11 is 0. The van der Waals surface area contributed by atoms with Crippen molar-refractivity contribution in [2.75, 3.05) is 0 Å². The summed E-state index contributed by atoms with van der Waals surface area (Å²) in [5.74, 6) is 0. The van der Waals surface area contributed by atoms with Crippen molar-refractivity contribution < 1.29 is 4.42 Å². The molecular weight excluding hydrogens is 400 g/mol. The predicted molar refractivity (Wildman–Crippen MR) is 142 cm³/mol. The van der Waals surface area contributed by atoms with E-state index in [1.807, 2.05) is 12.1 Å². The molecule has 0 bridgehead atoms. The molecule has 0 atom stereocenters. The molecule has 0 N–H and O–H groups in total. The Morgan fingerprint density at radius 1 is 0.576 bits per heavy atom. The fraction of sp³-hybridized carbons (Fsp3) is 0.0625. The van der Waals surface area contributed by atoms with Crippen LogP contribution >= 0.6 is 0 Å². The normalized spacial score (nSPS) is 11.8. The van der Waals surface area contributed by atoms with Crippen molar-refractivity contribution in [3.05, 3.63) is 114 Å². The topological polar surface area (TPSA) is 13.1 Å². The average molecular weight is 425 g/mol. The Balaban J connectivity index is 1.72. The summed E-state index contributed by atoms with van der Waals surface area (Å²) in [7, 11) is 0. The van der Waals surface area contributed by atoms with Crippen LogP contribution in [0, 0.1) is 6.92 Å². The van der Waals surface area contributed by atoms with E-state index in [4.69, 9.17) is 4.42 Å². The third-order valence-electron chi connectivity index (χ3n) is 6.58. The summed E-state index contributed by atoms with van der Waals surface area (Å²) in [6.07, 6.45) is 4.39. The maximum Gasteiger partial charge on any atom is 0.135 e. The predicted octanol–water partition coefficient (Wildman–Crippen LogP) is 9.41. The number of allylic oxidation sites excluding steroid dienone is 1. The number of hydrogen-bond acceptors (Lipinski definition) is 1. The number of para-hydroxylation sites is 1. The van der Waals surface area contributed by atoms with E-state index in [0.29, 0.717) is 0 Å². The molecule has 6 aromatic rings. The van der Waals surface area contributed by atoms with Gasteiger partial charge in [-0.3, -0.25) is 0 Å². The molecule has 1 nitrogen and oxygen atoms in total. The smallest absolute Gasteiger partial charge is 0.135 e. The Hall–Kier alpha value is -4.10. The number of rotatable bonds is 3. The van der Waals surface area contributed by atoms with E-state index in [1.165, 1.54) is 44.2 Å². The van der Waals surface area contributed by atoms with Crippen molar-refractivity contribution in [1.82, 2.24) is 0 Å². The molecule has 0 amide bonds. The zero-order valence-electron chi connectivity index (χ0n) is 18.8. The van der Waals surface area contributed by atoms with E-state index >= 15 is 0 Å². The highest BCUT2D eigenvalue weighted by molar-refractivity contribution is 6.12. The van der Waals surface area contributed by atoms with Crippen molar-refractivity contribution in [1.29, 1.82) is 0 Å². The lowest BCUT2D eigenvalue weighted by molar-refractivity contribution is 0.669. The fourth-order valence-corrected chi connectivity index (χ4v) is 5.13. The van der Waals surface area contributed by atoms with Crippen LogP contribution in [0.5, 0.6) is 0 Å². The van der Waals surface area contributed by atoms with E-state index in [1.54, 1.807) is 0 Å². The summed E-state index contributed by atoms with van der Waals surface area (Å²) in [6.45, 7) is 4.34. The van der Waals surface area contributed by atoms with Crippen LogP contribution in [0.4, 0.5) is 0 Å². The Kier molecular flexibility index (Phi) is 4.62. The van der Waals surface area contributed by atoms with E-state index in [-0.39, 0.29) is 0 Å². The lowest BCUT2D eigenvalue weighted by Gasteiger charge is -2.20. The molecule has 33 heavy (non-hydrogen) atoms. The van der Waals surface area contributed by atoms with E-state index in [2.05, 4.69) is 111 Å². The van der Waals surface area contributed by atoms with Crippen LogP contribution < -0.4 is 0 Å². The van der Waals surface area contributed by atoms with E-state index in [0.717, 1.165) is 21.9 Å². The maximum atomic E-state index is 6.09. The van der Waals surface area contributed by atoms with Gasteiger partial charge in [-0.2, -0.15) is 0 Å². The third-order valence-corrected chi connectivity index (χ3v) is 6.58. The molecule has 0 saturated carbocycles. The van der Waals surface area contributed by atoms with Gasteiger partial charge in [-0.1, -0.05) is 91.0 Å². The Morgan fingerprint density at radius 3 is 1.97 bits per heavy atom. The average Bonchev–Trinajstić information content (AvgIpc) is 3.23. The standard InChI is InChI=1S/C32H24O/c1-3-11-24-21(2)31(23-18-19-30-28(20-23)25-14-9-10-17-29(25)33-30)26-15-7-8-16-27(26)32(24)22-12-5-4-6-13-22/h3-20H,1-2H3/b11-3-. The minimum absolute atomic E-state index is 0.927. The van der Waals surface area contributed by atoms with Gasteiger partial charge in [0.05, 0.1) is 0 Å². The number of fused-ring (bicyclic) bond motifs is 4. The van der Waals surface area contributed by atoms with Crippen LogP contribution in [0.1, 0.15) is 18.1 Å². The van der Waals surface area contributed by atoms with Gasteiger partial charge in [-0.25, -0.2) is 0 Å². The molecule has 0 aliphatic rings. The lowest BCUT2D eigenvalue weighted by atomic mass is 9.84. The van der Waals surface area contributed by atoms with Crippen molar-refractivity contribution in [2.24, 2.45) is 0 Å². The van der Waals surface area contributed by atoms with Gasteiger partial charge < -0.3 is 4.42 Å². The zero-order chi connectivity index (χ0) is 22.4. The van der Waals surface area contributed by atoms with Crippen LogP contribution in [0.2, 0.25) is 0 Å². The lowest BCUT2D eigenvalue weighted by Crippen LogP contribution is -1.96. The summed E-state index contributed by atoms with van der Waals surface area (Å²) in [5, 5.41) is 4.86. The number of benzene rings is 5. The summed E-state index contributed by atoms with van der Waals surface area (Å²) in [6, 6.07) is 34.4. The molecule has 0 fully saturated rings. The maximum absolute atomic E-state index is 6.09. The van der Waals surface area contributed by atoms with Crippen molar-refractivity contribution in [3.8, 4) is 22.3 Å². The number of hydrogen-bond donors (Lipinski definition) is 0.